The van der Waals surface area contributed by atoms with Gasteiger partial charge in [-0.1, -0.05) is 26.8 Å². The topological polar surface area (TPSA) is 122 Å². The molecule has 270 valence electrons. The maximum Gasteiger partial charge on any atom is 0.326 e. The fourth-order valence-electron chi connectivity index (χ4n) is 7.36. The molecule has 2 unspecified atom stereocenters. The number of hydrogen-bond donors (Lipinski definition) is 2. The van der Waals surface area contributed by atoms with Gasteiger partial charge in [0.15, 0.2) is 8.32 Å². The molecule has 2 saturated heterocycles. The minimum absolute atomic E-state index is 0.0787. The molecule has 11 nitrogen and oxygen atoms in total. The van der Waals surface area contributed by atoms with E-state index < -0.39 is 8.32 Å². The number of likely N-dealkylation sites (tertiary alicyclic amines) is 1. The second-order valence-corrected chi connectivity index (χ2v) is 20.6. The average molecular weight is 701 g/mol. The Morgan fingerprint density at radius 2 is 1.80 bits per heavy atom. The van der Waals surface area contributed by atoms with E-state index in [-0.39, 0.29) is 28.7 Å². The van der Waals surface area contributed by atoms with E-state index >= 15 is 0 Å². The zero-order chi connectivity index (χ0) is 35.7. The van der Waals surface area contributed by atoms with Crippen molar-refractivity contribution in [3.05, 3.63) is 55.0 Å². The number of aromatic nitrogens is 3. The predicted molar refractivity (Wildman–Crippen MR) is 203 cm³/mol. The molecule has 3 aromatic rings. The Hall–Kier alpha value is -3.58. The molecule has 3 fully saturated rings. The third-order valence-electron chi connectivity index (χ3n) is 11.6. The van der Waals surface area contributed by atoms with Crippen LogP contribution in [0, 0.1) is 0 Å². The van der Waals surface area contributed by atoms with E-state index in [2.05, 4.69) is 90.2 Å². The number of pyridine rings is 1. The molecular formula is C38H56N8O3Si. The molecule has 1 saturated carbocycles. The number of carbonyl (C=O) groups excluding carboxylic acids is 1. The standard InChI is InChI=1S/C38H56N8O3Si/c1-37(2,3)50(6,7)49-33-23-32(11-17-39)46(26-33)36-41-24-28(25-42-36)27-12-18-40-34(21-27)43-29-9-8-10-31(22-29)44(4)30-13-19-45(20-14-30)38(15-16-38)35(47)48-5/h8-10,12,18,21-22,24-25,30,32-33H,11,13-17,19-20,23,26,39H2,1-7H3,(H,40,43). The zero-order valence-electron chi connectivity index (χ0n) is 31.0. The summed E-state index contributed by atoms with van der Waals surface area (Å²) in [4.78, 5) is 33.6. The van der Waals surface area contributed by atoms with Crippen LogP contribution in [0.2, 0.25) is 18.1 Å². The highest BCUT2D eigenvalue weighted by molar-refractivity contribution is 6.74. The van der Waals surface area contributed by atoms with E-state index in [4.69, 9.17) is 24.9 Å². The molecular weight excluding hydrogens is 645 g/mol. The van der Waals surface area contributed by atoms with Crippen LogP contribution in [-0.2, 0) is 14.0 Å². The first-order chi connectivity index (χ1) is 23.8. The van der Waals surface area contributed by atoms with Crippen molar-refractivity contribution in [2.45, 2.75) is 101 Å². The number of nitrogens with one attached hydrogen (secondary N) is 1. The minimum Gasteiger partial charge on any atom is -0.468 e. The fourth-order valence-corrected chi connectivity index (χ4v) is 8.72. The number of nitrogens with zero attached hydrogens (tertiary/aromatic N) is 6. The highest BCUT2D eigenvalue weighted by atomic mass is 28.4. The maximum atomic E-state index is 12.4. The van der Waals surface area contributed by atoms with Crippen LogP contribution < -0.4 is 20.9 Å². The number of nitrogens with two attached hydrogens (primary N) is 1. The molecule has 1 aliphatic carbocycles. The predicted octanol–water partition coefficient (Wildman–Crippen LogP) is 6.21. The van der Waals surface area contributed by atoms with Crippen LogP contribution in [0.3, 0.4) is 0 Å². The van der Waals surface area contributed by atoms with Gasteiger partial charge in [-0.3, -0.25) is 9.69 Å². The molecule has 50 heavy (non-hydrogen) atoms. The van der Waals surface area contributed by atoms with Crippen molar-refractivity contribution in [3.63, 3.8) is 0 Å². The Bertz CT molecular complexity index is 1620. The number of carbonyl (C=O) groups is 1. The highest BCUT2D eigenvalue weighted by Crippen LogP contribution is 2.44. The number of rotatable bonds is 12. The van der Waals surface area contributed by atoms with E-state index in [1.54, 1.807) is 0 Å². The SMILES string of the molecule is COC(=O)C1(N2CCC(N(C)c3cccc(Nc4cc(-c5cnc(N6CC(O[Si](C)(C)C(C)(C)C)CC6CCN)nc5)ccn4)c3)CC2)CC1. The van der Waals surface area contributed by atoms with Gasteiger partial charge < -0.3 is 30.0 Å². The van der Waals surface area contributed by atoms with E-state index in [9.17, 15) is 4.79 Å². The molecule has 12 heteroatoms. The summed E-state index contributed by atoms with van der Waals surface area (Å²) in [5.41, 5.74) is 9.70. The largest absolute Gasteiger partial charge is 0.468 e. The van der Waals surface area contributed by atoms with Crippen LogP contribution >= 0.6 is 0 Å². The lowest BCUT2D eigenvalue weighted by Gasteiger charge is -2.40. The lowest BCUT2D eigenvalue weighted by molar-refractivity contribution is -0.149. The van der Waals surface area contributed by atoms with Gasteiger partial charge >= 0.3 is 5.97 Å². The second-order valence-electron chi connectivity index (χ2n) is 15.8. The molecule has 1 aromatic carbocycles. The second kappa shape index (κ2) is 14.6. The lowest BCUT2D eigenvalue weighted by Crippen LogP contribution is -2.51. The van der Waals surface area contributed by atoms with E-state index in [0.29, 0.717) is 12.6 Å². The normalized spacial score (nSPS) is 21.2. The van der Waals surface area contributed by atoms with Crippen LogP contribution in [0.5, 0.6) is 0 Å². The molecule has 3 N–H and O–H groups in total. The Balaban J connectivity index is 1.08. The number of hydrogen-bond acceptors (Lipinski definition) is 11. The van der Waals surface area contributed by atoms with Gasteiger partial charge in [-0.05, 0) is 99.1 Å². The van der Waals surface area contributed by atoms with Gasteiger partial charge in [0, 0.05) is 74.3 Å². The third kappa shape index (κ3) is 7.68. The fraction of sp³-hybridized carbons (Fsp3) is 0.579. The smallest absolute Gasteiger partial charge is 0.326 e. The zero-order valence-corrected chi connectivity index (χ0v) is 32.0. The molecule has 0 radical (unpaired) electrons. The van der Waals surface area contributed by atoms with E-state index in [0.717, 1.165) is 92.4 Å². The first-order valence-corrected chi connectivity index (χ1v) is 21.1. The van der Waals surface area contributed by atoms with Crippen molar-refractivity contribution < 1.29 is 14.0 Å². The monoisotopic (exact) mass is 700 g/mol. The molecule has 2 atom stereocenters. The van der Waals surface area contributed by atoms with Crippen molar-refractivity contribution in [2.24, 2.45) is 5.73 Å². The number of piperidine rings is 1. The summed E-state index contributed by atoms with van der Waals surface area (Å²) < 4.78 is 11.9. The van der Waals surface area contributed by atoms with E-state index in [1.807, 2.05) is 30.7 Å². The summed E-state index contributed by atoms with van der Waals surface area (Å²) in [6.07, 6.45) is 11.4. The highest BCUT2D eigenvalue weighted by Gasteiger charge is 2.56. The summed E-state index contributed by atoms with van der Waals surface area (Å²) in [5.74, 6) is 1.40. The van der Waals surface area contributed by atoms with Crippen LogP contribution in [0.25, 0.3) is 11.1 Å². The Morgan fingerprint density at radius 1 is 1.08 bits per heavy atom. The first-order valence-electron chi connectivity index (χ1n) is 18.2. The lowest BCUT2D eigenvalue weighted by atomic mass is 10.00. The number of anilines is 4. The van der Waals surface area contributed by atoms with Crippen LogP contribution in [-0.4, -0.2) is 98.2 Å². The Morgan fingerprint density at radius 3 is 2.44 bits per heavy atom. The molecule has 6 rings (SSSR count). The Labute approximate surface area is 299 Å². The average Bonchev–Trinajstić information content (AvgIpc) is 3.83. The minimum atomic E-state index is -1.89. The van der Waals surface area contributed by atoms with Crippen LogP contribution in [0.15, 0.2) is 55.0 Å². The number of ether oxygens (including phenoxy) is 1. The van der Waals surface area contributed by atoms with Gasteiger partial charge in [0.25, 0.3) is 0 Å². The number of esters is 1. The summed E-state index contributed by atoms with van der Waals surface area (Å²) in [6.45, 7) is 14.7. The van der Waals surface area contributed by atoms with Crippen molar-refractivity contribution >= 4 is 37.4 Å². The molecule has 0 spiro atoms. The summed E-state index contributed by atoms with van der Waals surface area (Å²) in [5, 5.41) is 3.67. The number of benzene rings is 1. The number of methoxy groups -OCH3 is 1. The van der Waals surface area contributed by atoms with Gasteiger partial charge in [0.2, 0.25) is 5.95 Å². The molecule has 2 aliphatic heterocycles. The van der Waals surface area contributed by atoms with Gasteiger partial charge in [-0.15, -0.1) is 0 Å². The van der Waals surface area contributed by atoms with Crippen molar-refractivity contribution in [3.8, 4) is 11.1 Å². The summed E-state index contributed by atoms with van der Waals surface area (Å²) in [6, 6.07) is 13.2. The van der Waals surface area contributed by atoms with Crippen molar-refractivity contribution in [2.75, 3.05) is 55.5 Å². The van der Waals surface area contributed by atoms with Crippen LogP contribution in [0.4, 0.5) is 23.1 Å². The van der Waals surface area contributed by atoms with Gasteiger partial charge in [0.05, 0.1) is 13.2 Å². The van der Waals surface area contributed by atoms with Crippen molar-refractivity contribution in [1.82, 2.24) is 19.9 Å². The van der Waals surface area contributed by atoms with E-state index in [1.165, 1.54) is 7.11 Å². The molecule has 3 aliphatic rings. The van der Waals surface area contributed by atoms with Gasteiger partial charge in [-0.2, -0.15) is 0 Å². The molecule has 4 heterocycles. The maximum absolute atomic E-state index is 12.4. The Kier molecular flexibility index (Phi) is 10.6. The molecule has 0 amide bonds. The third-order valence-corrected chi connectivity index (χ3v) is 16.1. The summed E-state index contributed by atoms with van der Waals surface area (Å²) in [7, 11) is 1.77. The van der Waals surface area contributed by atoms with Gasteiger partial charge in [0.1, 0.15) is 11.4 Å². The van der Waals surface area contributed by atoms with Crippen LogP contribution in [0.1, 0.15) is 59.3 Å². The quantitative estimate of drug-likeness (QED) is 0.166. The summed E-state index contributed by atoms with van der Waals surface area (Å²) >= 11 is 0. The van der Waals surface area contributed by atoms with Gasteiger partial charge in [-0.25, -0.2) is 15.0 Å². The molecule has 2 aromatic heterocycles. The first kappa shape index (κ1) is 36.2. The van der Waals surface area contributed by atoms with Crippen molar-refractivity contribution in [1.29, 1.82) is 0 Å². The molecule has 0 bridgehead atoms.